The Hall–Kier alpha value is -1.30. The normalized spacial score (nSPS) is 14.9. The lowest BCUT2D eigenvalue weighted by molar-refractivity contribution is 0.169. The van der Waals surface area contributed by atoms with Crippen molar-refractivity contribution in [1.29, 1.82) is 0 Å². The Kier molecular flexibility index (Phi) is 4.06. The van der Waals surface area contributed by atoms with Crippen molar-refractivity contribution in [2.75, 3.05) is 13.2 Å². The number of hydrogen-bond acceptors (Lipinski definition) is 3. The van der Waals surface area contributed by atoms with Gasteiger partial charge in [-0.25, -0.2) is 4.39 Å². The van der Waals surface area contributed by atoms with Gasteiger partial charge in [-0.05, 0) is 39.7 Å². The number of ether oxygens (including phenoxy) is 2. The van der Waals surface area contributed by atoms with Crippen LogP contribution in [0.15, 0.2) is 34.8 Å². The van der Waals surface area contributed by atoms with Gasteiger partial charge >= 0.3 is 0 Å². The Morgan fingerprint density at radius 2 is 1.81 bits per heavy atom. The van der Waals surface area contributed by atoms with Crippen LogP contribution in [0.25, 0.3) is 0 Å². The van der Waals surface area contributed by atoms with Crippen molar-refractivity contribution < 1.29 is 19.0 Å². The first-order chi connectivity index (χ1) is 10.1. The zero-order chi connectivity index (χ0) is 15.0. The maximum absolute atomic E-state index is 13.6. The summed E-state index contributed by atoms with van der Waals surface area (Å²) in [5.41, 5.74) is 0.858. The monoisotopic (exact) mass is 372 g/mol. The molecule has 0 spiro atoms. The molecule has 0 saturated carbocycles. The quantitative estimate of drug-likeness (QED) is 0.861. The second-order valence-corrected chi connectivity index (χ2v) is 5.85. The van der Waals surface area contributed by atoms with E-state index in [0.29, 0.717) is 45.3 Å². The fourth-order valence-corrected chi connectivity index (χ4v) is 2.65. The van der Waals surface area contributed by atoms with Crippen LogP contribution in [0.5, 0.6) is 11.5 Å². The van der Waals surface area contributed by atoms with E-state index in [9.17, 15) is 9.50 Å². The van der Waals surface area contributed by atoms with Gasteiger partial charge in [-0.15, -0.1) is 0 Å². The smallest absolute Gasteiger partial charge is 0.162 e. The molecule has 6 heteroatoms. The first-order valence-corrected chi connectivity index (χ1v) is 7.45. The Balaban J connectivity index is 2.00. The lowest BCUT2D eigenvalue weighted by atomic mass is 10.0. The first kappa shape index (κ1) is 14.6. The average molecular weight is 374 g/mol. The van der Waals surface area contributed by atoms with Gasteiger partial charge in [0, 0.05) is 11.6 Å². The van der Waals surface area contributed by atoms with Crippen LogP contribution in [0, 0.1) is 5.82 Å². The van der Waals surface area contributed by atoms with Gasteiger partial charge in [0.25, 0.3) is 0 Å². The zero-order valence-corrected chi connectivity index (χ0v) is 13.1. The molecule has 3 rings (SSSR count). The molecule has 1 unspecified atom stereocenters. The second-order valence-electron chi connectivity index (χ2n) is 4.59. The standard InChI is InChI=1S/C15H11BrClFO3/c16-10-2-1-8(5-12(10)18)15(19)9-6-13-14(7-11(9)17)21-4-3-20-13/h1-2,5-7,15,19H,3-4H2. The highest BCUT2D eigenvalue weighted by Gasteiger charge is 2.21. The Morgan fingerprint density at radius 3 is 2.48 bits per heavy atom. The molecule has 0 aromatic heterocycles. The van der Waals surface area contributed by atoms with Crippen LogP contribution in [-0.4, -0.2) is 18.3 Å². The molecule has 2 aromatic carbocycles. The largest absolute Gasteiger partial charge is 0.486 e. The number of aliphatic hydroxyl groups is 1. The fourth-order valence-electron chi connectivity index (χ4n) is 2.15. The number of halogens is 3. The molecule has 0 fully saturated rings. The van der Waals surface area contributed by atoms with Crippen molar-refractivity contribution in [2.24, 2.45) is 0 Å². The summed E-state index contributed by atoms with van der Waals surface area (Å²) in [7, 11) is 0. The highest BCUT2D eigenvalue weighted by molar-refractivity contribution is 9.10. The number of rotatable bonds is 2. The van der Waals surface area contributed by atoms with Gasteiger partial charge in [-0.1, -0.05) is 17.7 Å². The summed E-state index contributed by atoms with van der Waals surface area (Å²) in [6, 6.07) is 7.66. The summed E-state index contributed by atoms with van der Waals surface area (Å²) in [4.78, 5) is 0. The molecule has 1 N–H and O–H groups in total. The van der Waals surface area contributed by atoms with Gasteiger partial charge in [0.15, 0.2) is 11.5 Å². The molecule has 0 bridgehead atoms. The minimum Gasteiger partial charge on any atom is -0.486 e. The van der Waals surface area contributed by atoms with Crippen LogP contribution in [0.4, 0.5) is 4.39 Å². The van der Waals surface area contributed by atoms with Crippen LogP contribution in [-0.2, 0) is 0 Å². The van der Waals surface area contributed by atoms with Crippen LogP contribution >= 0.6 is 27.5 Å². The summed E-state index contributed by atoms with van der Waals surface area (Å²) < 4.78 is 24.8. The van der Waals surface area contributed by atoms with Gasteiger partial charge in [-0.3, -0.25) is 0 Å². The number of fused-ring (bicyclic) bond motifs is 1. The van der Waals surface area contributed by atoms with Crippen molar-refractivity contribution in [3.63, 3.8) is 0 Å². The van der Waals surface area contributed by atoms with Gasteiger partial charge < -0.3 is 14.6 Å². The van der Waals surface area contributed by atoms with Crippen LogP contribution in [0.1, 0.15) is 17.2 Å². The molecule has 0 aliphatic carbocycles. The van der Waals surface area contributed by atoms with Crippen LogP contribution < -0.4 is 9.47 Å². The first-order valence-electron chi connectivity index (χ1n) is 6.28. The predicted molar refractivity (Wildman–Crippen MR) is 80.6 cm³/mol. The molecule has 1 aliphatic rings. The minimum atomic E-state index is -1.05. The van der Waals surface area contributed by atoms with Crippen molar-refractivity contribution >= 4 is 27.5 Å². The second kappa shape index (κ2) is 5.83. The van der Waals surface area contributed by atoms with E-state index in [1.807, 2.05) is 0 Å². The number of hydrogen-bond donors (Lipinski definition) is 1. The van der Waals surface area contributed by atoms with E-state index < -0.39 is 11.9 Å². The third kappa shape index (κ3) is 2.86. The van der Waals surface area contributed by atoms with E-state index in [1.165, 1.54) is 6.07 Å². The topological polar surface area (TPSA) is 38.7 Å². The molecule has 0 saturated heterocycles. The molecule has 0 amide bonds. The number of aliphatic hydroxyl groups excluding tert-OH is 1. The highest BCUT2D eigenvalue weighted by atomic mass is 79.9. The maximum atomic E-state index is 13.6. The van der Waals surface area contributed by atoms with Crippen molar-refractivity contribution in [2.45, 2.75) is 6.10 Å². The van der Waals surface area contributed by atoms with Gasteiger partial charge in [-0.2, -0.15) is 0 Å². The molecule has 1 aliphatic heterocycles. The van der Waals surface area contributed by atoms with E-state index >= 15 is 0 Å². The Labute approximate surface area is 134 Å². The van der Waals surface area contributed by atoms with Crippen LogP contribution in [0.3, 0.4) is 0 Å². The highest BCUT2D eigenvalue weighted by Crippen LogP contribution is 2.39. The Bertz CT molecular complexity index is 693. The fraction of sp³-hybridized carbons (Fsp3) is 0.200. The van der Waals surface area contributed by atoms with Gasteiger partial charge in [0.05, 0.1) is 9.50 Å². The third-order valence-electron chi connectivity index (χ3n) is 3.22. The predicted octanol–water partition coefficient (Wildman–Crippen LogP) is 4.09. The summed E-state index contributed by atoms with van der Waals surface area (Å²) in [6.07, 6.45) is -1.05. The van der Waals surface area contributed by atoms with E-state index in [2.05, 4.69) is 15.9 Å². The zero-order valence-electron chi connectivity index (χ0n) is 10.8. The minimum absolute atomic E-state index is 0.340. The maximum Gasteiger partial charge on any atom is 0.162 e. The van der Waals surface area contributed by atoms with E-state index in [1.54, 1.807) is 24.3 Å². The van der Waals surface area contributed by atoms with Gasteiger partial charge in [0.2, 0.25) is 0 Å². The Morgan fingerprint density at radius 1 is 1.14 bits per heavy atom. The number of benzene rings is 2. The summed E-state index contributed by atoms with van der Waals surface area (Å²) >= 11 is 9.26. The van der Waals surface area contributed by atoms with E-state index in [0.717, 1.165) is 0 Å². The van der Waals surface area contributed by atoms with Crippen molar-refractivity contribution in [3.8, 4) is 11.5 Å². The molecule has 2 aromatic rings. The van der Waals surface area contributed by atoms with Crippen molar-refractivity contribution in [1.82, 2.24) is 0 Å². The summed E-state index contributed by atoms with van der Waals surface area (Å²) in [5.74, 6) is 0.627. The van der Waals surface area contributed by atoms with E-state index in [-0.39, 0.29) is 0 Å². The van der Waals surface area contributed by atoms with Crippen LogP contribution in [0.2, 0.25) is 5.02 Å². The molecule has 1 atom stereocenters. The molecule has 1 heterocycles. The molecule has 0 radical (unpaired) electrons. The molecular weight excluding hydrogens is 363 g/mol. The third-order valence-corrected chi connectivity index (χ3v) is 4.19. The SMILES string of the molecule is OC(c1ccc(Br)c(F)c1)c1cc2c(cc1Cl)OCCO2. The van der Waals surface area contributed by atoms with E-state index in [4.69, 9.17) is 21.1 Å². The summed E-state index contributed by atoms with van der Waals surface area (Å²) in [6.45, 7) is 0.903. The summed E-state index contributed by atoms with van der Waals surface area (Å²) in [5, 5.41) is 10.8. The lowest BCUT2D eigenvalue weighted by Crippen LogP contribution is -2.16. The molecule has 3 nitrogen and oxygen atoms in total. The molecule has 21 heavy (non-hydrogen) atoms. The van der Waals surface area contributed by atoms with Gasteiger partial charge in [0.1, 0.15) is 25.1 Å². The lowest BCUT2D eigenvalue weighted by Gasteiger charge is -2.21. The molecular formula is C15H11BrClFO3. The average Bonchev–Trinajstić information content (AvgIpc) is 2.48. The van der Waals surface area contributed by atoms with Crippen molar-refractivity contribution in [3.05, 3.63) is 56.8 Å². The molecule has 110 valence electrons.